The number of benzene rings is 1. The average molecular weight is 319 g/mol. The van der Waals surface area contributed by atoms with Crippen LogP contribution in [-0.4, -0.2) is 37.2 Å². The minimum atomic E-state index is -1.84. The molecule has 0 saturated carbocycles. The first-order valence-electron chi connectivity index (χ1n) is 8.10. The van der Waals surface area contributed by atoms with Gasteiger partial charge < -0.3 is 4.43 Å². The van der Waals surface area contributed by atoms with Gasteiger partial charge in [0.15, 0.2) is 8.32 Å². The summed E-state index contributed by atoms with van der Waals surface area (Å²) in [5.41, 5.74) is 0.547. The van der Waals surface area contributed by atoms with Crippen LogP contribution in [0.1, 0.15) is 38.1 Å². The second-order valence-electron chi connectivity index (χ2n) is 5.90. The molecule has 1 aliphatic heterocycles. The van der Waals surface area contributed by atoms with E-state index in [4.69, 9.17) is 4.43 Å². The highest BCUT2D eigenvalue weighted by molar-refractivity contribution is 6.73. The van der Waals surface area contributed by atoms with Crippen molar-refractivity contribution in [1.82, 2.24) is 4.90 Å². The number of likely N-dealkylation sites (tertiary alicyclic amines) is 1. The number of carbonyl (C=O) groups excluding carboxylic acids is 2. The van der Waals surface area contributed by atoms with Crippen LogP contribution in [0, 0.1) is 0 Å². The van der Waals surface area contributed by atoms with Gasteiger partial charge in [0.25, 0.3) is 11.8 Å². The number of nitrogens with zero attached hydrogens (tertiary/aromatic N) is 1. The summed E-state index contributed by atoms with van der Waals surface area (Å²) in [6, 6.07) is 11.8. The molecule has 4 nitrogen and oxygen atoms in total. The van der Waals surface area contributed by atoms with E-state index in [2.05, 4.69) is 20.8 Å². The number of hydrogen-bond donors (Lipinski definition) is 0. The van der Waals surface area contributed by atoms with Gasteiger partial charge in [-0.2, -0.15) is 0 Å². The predicted octanol–water partition coefficient (Wildman–Crippen LogP) is 3.45. The molecule has 1 aromatic rings. The highest BCUT2D eigenvalue weighted by Gasteiger charge is 2.51. The highest BCUT2D eigenvalue weighted by Crippen LogP contribution is 2.32. The predicted molar refractivity (Wildman–Crippen MR) is 89.2 cm³/mol. The SMILES string of the molecule is CC[Si](CC)(CC)OC1C(=O)N(C(=O)c2ccccc2)C1C. The molecule has 22 heavy (non-hydrogen) atoms. The van der Waals surface area contributed by atoms with Crippen molar-refractivity contribution >= 4 is 20.1 Å². The van der Waals surface area contributed by atoms with E-state index >= 15 is 0 Å². The van der Waals surface area contributed by atoms with Gasteiger partial charge >= 0.3 is 0 Å². The van der Waals surface area contributed by atoms with Crippen molar-refractivity contribution in [2.75, 3.05) is 0 Å². The number of carbonyl (C=O) groups is 2. The molecule has 1 heterocycles. The largest absolute Gasteiger partial charge is 0.403 e. The van der Waals surface area contributed by atoms with E-state index in [9.17, 15) is 9.59 Å². The molecule has 0 aromatic heterocycles. The molecule has 0 bridgehead atoms. The highest BCUT2D eigenvalue weighted by atomic mass is 28.4. The van der Waals surface area contributed by atoms with E-state index in [1.54, 1.807) is 24.3 Å². The van der Waals surface area contributed by atoms with Crippen molar-refractivity contribution < 1.29 is 14.0 Å². The first kappa shape index (κ1) is 16.9. The summed E-state index contributed by atoms with van der Waals surface area (Å²) in [4.78, 5) is 26.2. The van der Waals surface area contributed by atoms with Crippen molar-refractivity contribution in [2.45, 2.75) is 58.0 Å². The zero-order chi connectivity index (χ0) is 16.3. The molecule has 1 aliphatic rings. The molecule has 2 amide bonds. The summed E-state index contributed by atoms with van der Waals surface area (Å²) in [6.45, 7) is 8.31. The fourth-order valence-corrected chi connectivity index (χ4v) is 5.86. The Morgan fingerprint density at radius 2 is 1.68 bits per heavy atom. The van der Waals surface area contributed by atoms with Crippen LogP contribution in [0.15, 0.2) is 30.3 Å². The van der Waals surface area contributed by atoms with Crippen LogP contribution in [0.5, 0.6) is 0 Å². The third kappa shape index (κ3) is 2.87. The van der Waals surface area contributed by atoms with Crippen LogP contribution in [0.4, 0.5) is 0 Å². The van der Waals surface area contributed by atoms with Crippen molar-refractivity contribution in [3.05, 3.63) is 35.9 Å². The minimum Gasteiger partial charge on any atom is -0.403 e. The molecule has 0 aliphatic carbocycles. The van der Waals surface area contributed by atoms with Gasteiger partial charge in [-0.3, -0.25) is 14.5 Å². The minimum absolute atomic E-state index is 0.184. The molecular weight excluding hydrogens is 294 g/mol. The zero-order valence-corrected chi connectivity index (χ0v) is 14.8. The lowest BCUT2D eigenvalue weighted by Crippen LogP contribution is -2.68. The monoisotopic (exact) mass is 319 g/mol. The lowest BCUT2D eigenvalue weighted by atomic mass is 9.98. The van der Waals surface area contributed by atoms with Crippen LogP contribution < -0.4 is 0 Å². The summed E-state index contributed by atoms with van der Waals surface area (Å²) < 4.78 is 6.26. The van der Waals surface area contributed by atoms with E-state index in [0.29, 0.717) is 5.56 Å². The van der Waals surface area contributed by atoms with Gasteiger partial charge in [-0.15, -0.1) is 0 Å². The number of rotatable bonds is 6. The van der Waals surface area contributed by atoms with Gasteiger partial charge in [0.05, 0.1) is 6.04 Å². The number of amides is 2. The smallest absolute Gasteiger partial charge is 0.260 e. The lowest BCUT2D eigenvalue weighted by molar-refractivity contribution is -0.156. The number of hydrogen-bond acceptors (Lipinski definition) is 3. The summed E-state index contributed by atoms with van der Waals surface area (Å²) >= 11 is 0. The zero-order valence-electron chi connectivity index (χ0n) is 13.8. The van der Waals surface area contributed by atoms with Crippen molar-refractivity contribution in [3.63, 3.8) is 0 Å². The summed E-state index contributed by atoms with van der Waals surface area (Å²) in [6.07, 6.45) is -0.445. The Labute approximate surface area is 133 Å². The molecule has 0 N–H and O–H groups in total. The summed E-state index contributed by atoms with van der Waals surface area (Å²) in [5.74, 6) is -0.414. The van der Waals surface area contributed by atoms with Crippen LogP contribution in [0.25, 0.3) is 0 Å². The fraction of sp³-hybridized carbons (Fsp3) is 0.529. The molecule has 1 fully saturated rings. The molecule has 120 valence electrons. The summed E-state index contributed by atoms with van der Waals surface area (Å²) in [7, 11) is -1.84. The second kappa shape index (κ2) is 6.75. The molecule has 2 rings (SSSR count). The van der Waals surface area contributed by atoms with E-state index in [0.717, 1.165) is 18.1 Å². The Kier molecular flexibility index (Phi) is 5.18. The van der Waals surface area contributed by atoms with Gasteiger partial charge in [0.1, 0.15) is 6.10 Å². The Balaban J connectivity index is 2.09. The van der Waals surface area contributed by atoms with Gasteiger partial charge in [-0.1, -0.05) is 39.0 Å². The van der Waals surface area contributed by atoms with E-state index in [1.165, 1.54) is 4.90 Å². The van der Waals surface area contributed by atoms with E-state index in [1.807, 2.05) is 13.0 Å². The van der Waals surface area contributed by atoms with Crippen LogP contribution in [0.3, 0.4) is 0 Å². The molecule has 0 spiro atoms. The normalized spacial score (nSPS) is 21.6. The third-order valence-electron chi connectivity index (χ3n) is 4.88. The molecule has 0 radical (unpaired) electrons. The molecule has 5 heteroatoms. The Bertz CT molecular complexity index is 534. The molecular formula is C17H25NO3Si. The maximum Gasteiger partial charge on any atom is 0.260 e. The van der Waals surface area contributed by atoms with Gasteiger partial charge in [-0.25, -0.2) is 0 Å². The maximum atomic E-state index is 12.4. The topological polar surface area (TPSA) is 46.6 Å². The van der Waals surface area contributed by atoms with Crippen molar-refractivity contribution in [2.24, 2.45) is 0 Å². The Morgan fingerprint density at radius 3 is 2.14 bits per heavy atom. The molecule has 1 aromatic carbocycles. The van der Waals surface area contributed by atoms with Gasteiger partial charge in [0, 0.05) is 5.56 Å². The van der Waals surface area contributed by atoms with Crippen molar-refractivity contribution in [1.29, 1.82) is 0 Å². The Morgan fingerprint density at radius 1 is 1.14 bits per heavy atom. The van der Waals surface area contributed by atoms with E-state index < -0.39 is 14.4 Å². The summed E-state index contributed by atoms with van der Waals surface area (Å²) in [5, 5.41) is 0. The number of imide groups is 1. The van der Waals surface area contributed by atoms with E-state index in [-0.39, 0.29) is 17.9 Å². The van der Waals surface area contributed by atoms with Crippen LogP contribution in [-0.2, 0) is 9.22 Å². The quantitative estimate of drug-likeness (QED) is 0.458. The van der Waals surface area contributed by atoms with Gasteiger partial charge in [0.2, 0.25) is 0 Å². The lowest BCUT2D eigenvalue weighted by Gasteiger charge is -2.47. The van der Waals surface area contributed by atoms with Crippen molar-refractivity contribution in [3.8, 4) is 0 Å². The third-order valence-corrected chi connectivity index (χ3v) is 9.50. The fourth-order valence-electron chi connectivity index (χ4n) is 3.02. The second-order valence-corrected chi connectivity index (χ2v) is 10.6. The van der Waals surface area contributed by atoms with Crippen LogP contribution in [0.2, 0.25) is 18.1 Å². The average Bonchev–Trinajstić information content (AvgIpc) is 2.57. The maximum absolute atomic E-state index is 12.4. The molecule has 2 atom stereocenters. The molecule has 2 unspecified atom stereocenters. The first-order chi connectivity index (χ1) is 10.5. The Hall–Kier alpha value is -1.46. The molecule has 1 saturated heterocycles. The standard InChI is InChI=1S/C17H25NO3Si/c1-5-22(6-2,7-3)21-15-13(4)18(17(15)20)16(19)14-11-9-8-10-12-14/h8-13,15H,5-7H2,1-4H3. The number of β-lactam (4-membered cyclic amide) rings is 1. The first-order valence-corrected chi connectivity index (χ1v) is 10.6. The van der Waals surface area contributed by atoms with Crippen LogP contribution >= 0.6 is 0 Å². The van der Waals surface area contributed by atoms with Gasteiger partial charge in [-0.05, 0) is 37.2 Å².